The van der Waals surface area contributed by atoms with Crippen LogP contribution in [0.4, 0.5) is 0 Å². The maximum Gasteiger partial charge on any atom is 0.236 e. The summed E-state index contributed by atoms with van der Waals surface area (Å²) in [5.41, 5.74) is 6.27. The highest BCUT2D eigenvalue weighted by molar-refractivity contribution is 5.78. The van der Waals surface area contributed by atoms with Crippen molar-refractivity contribution in [3.63, 3.8) is 0 Å². The SMILES string of the molecule is CN1CCCN(C2CCCCCC2N)CC1=O. The first-order chi connectivity index (χ1) is 8.18. The lowest BCUT2D eigenvalue weighted by atomic mass is 10.0. The average molecular weight is 239 g/mol. The van der Waals surface area contributed by atoms with E-state index in [1.54, 1.807) is 0 Å². The molecular formula is C13H25N3O. The van der Waals surface area contributed by atoms with E-state index in [1.807, 2.05) is 11.9 Å². The lowest BCUT2D eigenvalue weighted by Gasteiger charge is -2.33. The van der Waals surface area contributed by atoms with Crippen LogP contribution in [0.3, 0.4) is 0 Å². The molecule has 4 nitrogen and oxygen atoms in total. The number of hydrogen-bond donors (Lipinski definition) is 1. The second-order valence-corrected chi connectivity index (χ2v) is 5.51. The molecule has 0 aromatic carbocycles. The molecule has 1 aliphatic carbocycles. The minimum atomic E-state index is 0.249. The Morgan fingerprint density at radius 3 is 2.71 bits per heavy atom. The van der Waals surface area contributed by atoms with E-state index in [4.69, 9.17) is 5.73 Å². The average Bonchev–Trinajstić information content (AvgIpc) is 2.60. The van der Waals surface area contributed by atoms with Crippen LogP contribution in [0, 0.1) is 0 Å². The number of nitrogens with zero attached hydrogens (tertiary/aromatic N) is 2. The van der Waals surface area contributed by atoms with Crippen LogP contribution in [0.25, 0.3) is 0 Å². The van der Waals surface area contributed by atoms with Crippen molar-refractivity contribution in [2.45, 2.75) is 50.6 Å². The van der Waals surface area contributed by atoms with Crippen molar-refractivity contribution in [1.82, 2.24) is 9.80 Å². The topological polar surface area (TPSA) is 49.6 Å². The largest absolute Gasteiger partial charge is 0.345 e. The van der Waals surface area contributed by atoms with Gasteiger partial charge in [0.25, 0.3) is 0 Å². The lowest BCUT2D eigenvalue weighted by molar-refractivity contribution is -0.130. The molecule has 0 aromatic heterocycles. The maximum absolute atomic E-state index is 11.9. The second kappa shape index (κ2) is 5.83. The quantitative estimate of drug-likeness (QED) is 0.689. The molecule has 1 heterocycles. The highest BCUT2D eigenvalue weighted by atomic mass is 16.2. The van der Waals surface area contributed by atoms with Gasteiger partial charge in [-0.2, -0.15) is 0 Å². The van der Waals surface area contributed by atoms with Crippen LogP contribution in [-0.4, -0.2) is 54.5 Å². The summed E-state index contributed by atoms with van der Waals surface area (Å²) >= 11 is 0. The van der Waals surface area contributed by atoms with Crippen LogP contribution < -0.4 is 5.73 Å². The van der Waals surface area contributed by atoms with E-state index in [0.717, 1.165) is 32.4 Å². The number of nitrogens with two attached hydrogens (primary N) is 1. The third-order valence-electron chi connectivity index (χ3n) is 4.20. The van der Waals surface area contributed by atoms with Gasteiger partial charge in [-0.25, -0.2) is 0 Å². The number of likely N-dealkylation sites (N-methyl/N-ethyl adjacent to an activating group) is 1. The van der Waals surface area contributed by atoms with E-state index >= 15 is 0 Å². The predicted molar refractivity (Wildman–Crippen MR) is 68.7 cm³/mol. The standard InChI is InChI=1S/C13H25N3O/c1-15-8-5-9-16(10-13(15)17)12-7-4-2-3-6-11(12)14/h11-12H,2-10,14H2,1H3. The van der Waals surface area contributed by atoms with Crippen LogP contribution >= 0.6 is 0 Å². The van der Waals surface area contributed by atoms with Gasteiger partial charge in [0.15, 0.2) is 0 Å². The summed E-state index contributed by atoms with van der Waals surface area (Å²) in [7, 11) is 1.90. The fourth-order valence-corrected chi connectivity index (χ4v) is 3.06. The Morgan fingerprint density at radius 1 is 1.12 bits per heavy atom. The second-order valence-electron chi connectivity index (χ2n) is 5.51. The Kier molecular flexibility index (Phi) is 4.40. The van der Waals surface area contributed by atoms with Gasteiger partial charge in [-0.1, -0.05) is 19.3 Å². The van der Waals surface area contributed by atoms with Crippen molar-refractivity contribution in [3.8, 4) is 0 Å². The van der Waals surface area contributed by atoms with Crippen LogP contribution in [-0.2, 0) is 4.79 Å². The first-order valence-corrected chi connectivity index (χ1v) is 6.92. The smallest absolute Gasteiger partial charge is 0.236 e. The number of hydrogen-bond acceptors (Lipinski definition) is 3. The first kappa shape index (κ1) is 12.8. The molecule has 2 unspecified atom stereocenters. The third-order valence-corrected chi connectivity index (χ3v) is 4.20. The summed E-state index contributed by atoms with van der Waals surface area (Å²) in [6.45, 7) is 2.47. The van der Waals surface area contributed by atoms with E-state index in [9.17, 15) is 4.79 Å². The van der Waals surface area contributed by atoms with Gasteiger partial charge in [-0.15, -0.1) is 0 Å². The van der Waals surface area contributed by atoms with Crippen molar-refractivity contribution in [3.05, 3.63) is 0 Å². The number of carbonyl (C=O) groups is 1. The minimum absolute atomic E-state index is 0.249. The van der Waals surface area contributed by atoms with Gasteiger partial charge in [0.1, 0.15) is 0 Å². The van der Waals surface area contributed by atoms with Crippen LogP contribution in [0.15, 0.2) is 0 Å². The monoisotopic (exact) mass is 239 g/mol. The molecule has 1 aliphatic heterocycles. The van der Waals surface area contributed by atoms with Gasteiger partial charge in [-0.05, 0) is 19.3 Å². The molecule has 2 fully saturated rings. The maximum atomic E-state index is 11.9. The lowest BCUT2D eigenvalue weighted by Crippen LogP contribution is -2.49. The summed E-state index contributed by atoms with van der Waals surface area (Å²) in [5.74, 6) is 0.249. The Hall–Kier alpha value is -0.610. The number of carbonyl (C=O) groups excluding carboxylic acids is 1. The number of amides is 1. The zero-order chi connectivity index (χ0) is 12.3. The number of rotatable bonds is 1. The van der Waals surface area contributed by atoms with Crippen LogP contribution in [0.1, 0.15) is 38.5 Å². The zero-order valence-electron chi connectivity index (χ0n) is 10.9. The minimum Gasteiger partial charge on any atom is -0.345 e. The summed E-state index contributed by atoms with van der Waals surface area (Å²) < 4.78 is 0. The van der Waals surface area contributed by atoms with Crippen molar-refractivity contribution in [2.75, 3.05) is 26.7 Å². The normalized spacial score (nSPS) is 33.3. The van der Waals surface area contributed by atoms with E-state index in [2.05, 4.69) is 4.90 Å². The molecule has 98 valence electrons. The molecule has 1 saturated heterocycles. The molecule has 1 amide bonds. The summed E-state index contributed by atoms with van der Waals surface area (Å²) in [6, 6.07) is 0.682. The van der Waals surface area contributed by atoms with E-state index in [-0.39, 0.29) is 11.9 Å². The van der Waals surface area contributed by atoms with E-state index < -0.39 is 0 Å². The van der Waals surface area contributed by atoms with Gasteiger partial charge < -0.3 is 10.6 Å². The first-order valence-electron chi connectivity index (χ1n) is 6.92. The molecule has 2 rings (SSSR count). The van der Waals surface area contributed by atoms with Crippen LogP contribution in [0.2, 0.25) is 0 Å². The molecule has 0 bridgehead atoms. The van der Waals surface area contributed by atoms with Gasteiger partial charge >= 0.3 is 0 Å². The zero-order valence-corrected chi connectivity index (χ0v) is 10.9. The molecule has 0 aromatic rings. The van der Waals surface area contributed by atoms with Gasteiger partial charge in [0, 0.05) is 32.2 Å². The van der Waals surface area contributed by atoms with Gasteiger partial charge in [0.2, 0.25) is 5.91 Å². The third kappa shape index (κ3) is 3.19. The fourth-order valence-electron chi connectivity index (χ4n) is 3.06. The molecule has 2 aliphatic rings. The summed E-state index contributed by atoms with van der Waals surface area (Å²) in [4.78, 5) is 16.1. The van der Waals surface area contributed by atoms with E-state index in [0.29, 0.717) is 12.6 Å². The Labute approximate surface area is 104 Å². The van der Waals surface area contributed by atoms with Crippen molar-refractivity contribution >= 4 is 5.91 Å². The molecule has 0 spiro atoms. The highest BCUT2D eigenvalue weighted by Gasteiger charge is 2.29. The molecule has 4 heteroatoms. The van der Waals surface area contributed by atoms with Gasteiger partial charge in [0.05, 0.1) is 6.54 Å². The molecular weight excluding hydrogens is 214 g/mol. The Balaban J connectivity index is 2.01. The Bertz CT molecular complexity index is 269. The van der Waals surface area contributed by atoms with Crippen molar-refractivity contribution in [2.24, 2.45) is 5.73 Å². The Morgan fingerprint density at radius 2 is 1.88 bits per heavy atom. The molecule has 2 atom stereocenters. The van der Waals surface area contributed by atoms with E-state index in [1.165, 1.54) is 19.3 Å². The molecule has 1 saturated carbocycles. The summed E-state index contributed by atoms with van der Waals surface area (Å²) in [6.07, 6.45) is 7.17. The van der Waals surface area contributed by atoms with Gasteiger partial charge in [-0.3, -0.25) is 9.69 Å². The van der Waals surface area contributed by atoms with Crippen molar-refractivity contribution in [1.29, 1.82) is 0 Å². The van der Waals surface area contributed by atoms with Crippen LogP contribution in [0.5, 0.6) is 0 Å². The predicted octanol–water partition coefficient (Wildman–Crippen LogP) is 0.811. The molecule has 17 heavy (non-hydrogen) atoms. The van der Waals surface area contributed by atoms with Crippen molar-refractivity contribution < 1.29 is 4.79 Å². The molecule has 0 radical (unpaired) electrons. The summed E-state index contributed by atoms with van der Waals surface area (Å²) in [5, 5.41) is 0. The highest BCUT2D eigenvalue weighted by Crippen LogP contribution is 2.22. The molecule has 2 N–H and O–H groups in total. The fraction of sp³-hybridized carbons (Fsp3) is 0.923.